The quantitative estimate of drug-likeness (QED) is 0.772. The molecule has 2 aliphatic heterocycles. The van der Waals surface area contributed by atoms with Crippen LogP contribution in [-0.2, 0) is 15.1 Å². The molecule has 1 aromatic rings. The molecule has 2 atom stereocenters. The maximum Gasteiger partial charge on any atom is 0.163 e. The molecule has 0 unspecified atom stereocenters. The Morgan fingerprint density at radius 3 is 3.00 bits per heavy atom. The summed E-state index contributed by atoms with van der Waals surface area (Å²) >= 11 is 3.54. The summed E-state index contributed by atoms with van der Waals surface area (Å²) in [5.41, 5.74) is 0.902. The Labute approximate surface area is 96.7 Å². The number of ether oxygens (including phenoxy) is 2. The molecule has 5 heteroatoms. The highest BCUT2D eigenvalue weighted by Crippen LogP contribution is 2.52. The van der Waals surface area contributed by atoms with E-state index >= 15 is 0 Å². The average Bonchev–Trinajstić information content (AvgIpc) is 2.59. The predicted molar refractivity (Wildman–Crippen MR) is 57.7 cm³/mol. The number of hydrogen-bond donors (Lipinski definition) is 0. The monoisotopic (exact) mass is 272 g/mol. The summed E-state index contributed by atoms with van der Waals surface area (Å²) < 4.78 is 14.2. The zero-order valence-corrected chi connectivity index (χ0v) is 10.3. The summed E-state index contributed by atoms with van der Waals surface area (Å²) in [4.78, 5) is 0. The summed E-state index contributed by atoms with van der Waals surface area (Å²) in [7, 11) is 0. The van der Waals surface area contributed by atoms with E-state index in [4.69, 9.17) is 9.47 Å². The van der Waals surface area contributed by atoms with E-state index in [9.17, 15) is 0 Å². The van der Waals surface area contributed by atoms with Gasteiger partial charge in [0.1, 0.15) is 6.10 Å². The van der Waals surface area contributed by atoms with Crippen molar-refractivity contribution in [2.24, 2.45) is 0 Å². The highest BCUT2D eigenvalue weighted by Gasteiger charge is 2.64. The largest absolute Gasteiger partial charge is 0.375 e. The molecule has 3 heterocycles. The predicted octanol–water partition coefficient (Wildman–Crippen LogP) is 1.85. The van der Waals surface area contributed by atoms with E-state index < -0.39 is 0 Å². The van der Waals surface area contributed by atoms with Crippen molar-refractivity contribution in [2.45, 2.75) is 31.6 Å². The molecule has 0 amide bonds. The molecular weight excluding hydrogens is 260 g/mol. The van der Waals surface area contributed by atoms with E-state index in [0.717, 1.165) is 10.2 Å². The molecule has 0 aliphatic carbocycles. The van der Waals surface area contributed by atoms with Gasteiger partial charge in [-0.15, -0.1) is 0 Å². The van der Waals surface area contributed by atoms with Gasteiger partial charge in [0.25, 0.3) is 0 Å². The van der Waals surface area contributed by atoms with Gasteiger partial charge in [-0.05, 0) is 29.8 Å². The summed E-state index contributed by atoms with van der Waals surface area (Å²) in [5.74, 6) is 0. The van der Waals surface area contributed by atoms with Gasteiger partial charge in [-0.1, -0.05) is 0 Å². The Morgan fingerprint density at radius 1 is 1.67 bits per heavy atom. The second-order valence-corrected chi connectivity index (χ2v) is 5.24. The van der Waals surface area contributed by atoms with E-state index in [1.165, 1.54) is 0 Å². The minimum atomic E-state index is -0.223. The molecule has 2 aliphatic rings. The lowest BCUT2D eigenvalue weighted by Crippen LogP contribution is -2.21. The second-order valence-electron chi connectivity index (χ2n) is 4.39. The first kappa shape index (κ1) is 9.81. The Morgan fingerprint density at radius 2 is 2.47 bits per heavy atom. The molecule has 0 radical (unpaired) electrons. The van der Waals surface area contributed by atoms with Gasteiger partial charge in [0.15, 0.2) is 5.60 Å². The van der Waals surface area contributed by atoms with Crippen LogP contribution in [0.4, 0.5) is 0 Å². The SMILES string of the molecule is CC(C)n1ncc(Br)c1[C@]12COC[C@@H]1O2. The van der Waals surface area contributed by atoms with Crippen LogP contribution in [0.3, 0.4) is 0 Å². The third-order valence-electron chi connectivity index (χ3n) is 3.04. The van der Waals surface area contributed by atoms with E-state index in [-0.39, 0.29) is 11.7 Å². The molecule has 0 saturated carbocycles. The van der Waals surface area contributed by atoms with Crippen LogP contribution in [0.1, 0.15) is 25.6 Å². The number of aromatic nitrogens is 2. The molecule has 0 N–H and O–H groups in total. The lowest BCUT2D eigenvalue weighted by molar-refractivity contribution is 0.0655. The van der Waals surface area contributed by atoms with Crippen LogP contribution in [0.2, 0.25) is 0 Å². The molecule has 0 spiro atoms. The molecule has 1 aromatic heterocycles. The number of hydrogen-bond acceptors (Lipinski definition) is 3. The molecule has 82 valence electrons. The smallest absolute Gasteiger partial charge is 0.163 e. The number of epoxide rings is 1. The molecule has 0 aromatic carbocycles. The van der Waals surface area contributed by atoms with Crippen molar-refractivity contribution in [3.05, 3.63) is 16.4 Å². The Hall–Kier alpha value is -0.390. The van der Waals surface area contributed by atoms with Crippen LogP contribution < -0.4 is 0 Å². The van der Waals surface area contributed by atoms with Gasteiger partial charge in [-0.25, -0.2) is 0 Å². The fourth-order valence-corrected chi connectivity index (χ4v) is 2.85. The third-order valence-corrected chi connectivity index (χ3v) is 3.62. The van der Waals surface area contributed by atoms with Gasteiger partial charge in [0.2, 0.25) is 0 Å². The van der Waals surface area contributed by atoms with Crippen LogP contribution in [0.25, 0.3) is 0 Å². The maximum absolute atomic E-state index is 5.74. The van der Waals surface area contributed by atoms with E-state index in [2.05, 4.69) is 34.9 Å². The summed E-state index contributed by atoms with van der Waals surface area (Å²) in [6.45, 7) is 5.59. The van der Waals surface area contributed by atoms with E-state index in [0.29, 0.717) is 19.3 Å². The number of fused-ring (bicyclic) bond motifs is 1. The minimum absolute atomic E-state index is 0.223. The number of halogens is 1. The second kappa shape index (κ2) is 3.06. The zero-order valence-electron chi connectivity index (χ0n) is 8.74. The van der Waals surface area contributed by atoms with Crippen LogP contribution in [0, 0.1) is 0 Å². The summed E-state index contributed by atoms with van der Waals surface area (Å²) in [6, 6.07) is 0.339. The van der Waals surface area contributed by atoms with Gasteiger partial charge >= 0.3 is 0 Å². The van der Waals surface area contributed by atoms with Crippen LogP contribution in [0.15, 0.2) is 10.7 Å². The van der Waals surface area contributed by atoms with Crippen molar-refractivity contribution in [2.75, 3.05) is 13.2 Å². The topological polar surface area (TPSA) is 39.6 Å². The van der Waals surface area contributed by atoms with Gasteiger partial charge in [-0.3, -0.25) is 4.68 Å². The fourth-order valence-electron chi connectivity index (χ4n) is 2.24. The van der Waals surface area contributed by atoms with Gasteiger partial charge in [-0.2, -0.15) is 5.10 Å². The van der Waals surface area contributed by atoms with Crippen molar-refractivity contribution in [3.63, 3.8) is 0 Å². The molecule has 15 heavy (non-hydrogen) atoms. The lowest BCUT2D eigenvalue weighted by atomic mass is 10.0. The maximum atomic E-state index is 5.74. The first-order valence-electron chi connectivity index (χ1n) is 5.14. The fraction of sp³-hybridized carbons (Fsp3) is 0.700. The number of nitrogens with zero attached hydrogens (tertiary/aromatic N) is 2. The lowest BCUT2D eigenvalue weighted by Gasteiger charge is -2.15. The summed E-state index contributed by atoms with van der Waals surface area (Å²) in [6.07, 6.45) is 2.06. The number of rotatable bonds is 2. The standard InChI is InChI=1S/C10H13BrN2O2/c1-6(2)13-9(7(11)3-12-13)10-5-14-4-8(10)15-10/h3,6,8H,4-5H2,1-2H3/t8-,10-/m0/s1. The van der Waals surface area contributed by atoms with Crippen molar-refractivity contribution in [1.82, 2.24) is 9.78 Å². The Kier molecular flexibility index (Phi) is 2.00. The highest BCUT2D eigenvalue weighted by atomic mass is 79.9. The minimum Gasteiger partial charge on any atom is -0.375 e. The van der Waals surface area contributed by atoms with Crippen LogP contribution in [0.5, 0.6) is 0 Å². The Balaban J connectivity index is 2.07. The molecule has 4 nitrogen and oxygen atoms in total. The third kappa shape index (κ3) is 1.23. The first-order chi connectivity index (χ1) is 7.15. The molecular formula is C10H13BrN2O2. The van der Waals surface area contributed by atoms with Gasteiger partial charge in [0.05, 0.1) is 29.6 Å². The highest BCUT2D eigenvalue weighted by molar-refractivity contribution is 9.10. The average molecular weight is 273 g/mol. The Bertz CT molecular complexity index is 404. The van der Waals surface area contributed by atoms with Crippen LogP contribution in [-0.4, -0.2) is 29.1 Å². The van der Waals surface area contributed by atoms with E-state index in [1.807, 2.05) is 10.9 Å². The molecule has 2 saturated heterocycles. The normalized spacial score (nSPS) is 33.5. The van der Waals surface area contributed by atoms with Gasteiger partial charge in [0, 0.05) is 6.04 Å². The molecule has 3 rings (SSSR count). The first-order valence-corrected chi connectivity index (χ1v) is 5.93. The van der Waals surface area contributed by atoms with Crippen LogP contribution >= 0.6 is 15.9 Å². The van der Waals surface area contributed by atoms with Crippen molar-refractivity contribution >= 4 is 15.9 Å². The van der Waals surface area contributed by atoms with Crippen molar-refractivity contribution in [3.8, 4) is 0 Å². The molecule has 2 fully saturated rings. The van der Waals surface area contributed by atoms with Crippen molar-refractivity contribution in [1.29, 1.82) is 0 Å². The molecule has 0 bridgehead atoms. The van der Waals surface area contributed by atoms with E-state index in [1.54, 1.807) is 0 Å². The van der Waals surface area contributed by atoms with Gasteiger partial charge < -0.3 is 9.47 Å². The van der Waals surface area contributed by atoms with Crippen molar-refractivity contribution < 1.29 is 9.47 Å². The zero-order chi connectivity index (χ0) is 10.6. The summed E-state index contributed by atoms with van der Waals surface area (Å²) in [5, 5.41) is 4.37.